The predicted molar refractivity (Wildman–Crippen MR) is 65.6 cm³/mol. The molecular formula is C13H24N2O. The topological polar surface area (TPSA) is 23.6 Å². The van der Waals surface area contributed by atoms with Gasteiger partial charge in [0.05, 0.1) is 6.54 Å². The highest BCUT2D eigenvalue weighted by Crippen LogP contribution is 2.21. The van der Waals surface area contributed by atoms with Crippen LogP contribution in [0.3, 0.4) is 0 Å². The first kappa shape index (κ1) is 12.1. The van der Waals surface area contributed by atoms with E-state index in [-0.39, 0.29) is 0 Å². The molecule has 3 heteroatoms. The largest absolute Gasteiger partial charge is 0.299 e. The SMILES string of the molecule is CCCC(=O)CN1CCCN2CCCC2C1. The van der Waals surface area contributed by atoms with Gasteiger partial charge in [0, 0.05) is 19.0 Å². The summed E-state index contributed by atoms with van der Waals surface area (Å²) in [5.41, 5.74) is 0. The first-order valence-electron chi connectivity index (χ1n) is 6.77. The van der Waals surface area contributed by atoms with Crippen LogP contribution in [0.25, 0.3) is 0 Å². The summed E-state index contributed by atoms with van der Waals surface area (Å²) in [7, 11) is 0. The summed E-state index contributed by atoms with van der Waals surface area (Å²) in [6, 6.07) is 0.733. The summed E-state index contributed by atoms with van der Waals surface area (Å²) in [5.74, 6) is 0.425. The van der Waals surface area contributed by atoms with E-state index in [2.05, 4.69) is 16.7 Å². The zero-order valence-electron chi connectivity index (χ0n) is 10.5. The normalized spacial score (nSPS) is 27.7. The van der Waals surface area contributed by atoms with Crippen LogP contribution in [-0.4, -0.2) is 54.3 Å². The molecular weight excluding hydrogens is 200 g/mol. The van der Waals surface area contributed by atoms with Gasteiger partial charge in [0.25, 0.3) is 0 Å². The minimum atomic E-state index is 0.425. The summed E-state index contributed by atoms with van der Waals surface area (Å²) in [4.78, 5) is 16.7. The van der Waals surface area contributed by atoms with Crippen LogP contribution in [0.4, 0.5) is 0 Å². The maximum absolute atomic E-state index is 11.7. The minimum Gasteiger partial charge on any atom is -0.299 e. The molecule has 2 fully saturated rings. The van der Waals surface area contributed by atoms with Crippen LogP contribution >= 0.6 is 0 Å². The number of hydrogen-bond donors (Lipinski definition) is 0. The Labute approximate surface area is 98.8 Å². The second-order valence-electron chi connectivity index (χ2n) is 5.21. The number of hydrogen-bond acceptors (Lipinski definition) is 3. The van der Waals surface area contributed by atoms with Gasteiger partial charge in [-0.15, -0.1) is 0 Å². The second-order valence-corrected chi connectivity index (χ2v) is 5.21. The number of carbonyl (C=O) groups is 1. The Morgan fingerprint density at radius 2 is 2.06 bits per heavy atom. The van der Waals surface area contributed by atoms with Crippen molar-refractivity contribution in [3.8, 4) is 0 Å². The molecule has 0 bridgehead atoms. The Hall–Kier alpha value is -0.410. The highest BCUT2D eigenvalue weighted by Gasteiger charge is 2.28. The third-order valence-corrected chi connectivity index (χ3v) is 3.82. The summed E-state index contributed by atoms with van der Waals surface area (Å²) >= 11 is 0. The highest BCUT2D eigenvalue weighted by atomic mass is 16.1. The van der Waals surface area contributed by atoms with E-state index in [1.54, 1.807) is 0 Å². The zero-order chi connectivity index (χ0) is 11.4. The molecule has 0 amide bonds. The lowest BCUT2D eigenvalue weighted by Crippen LogP contribution is -2.38. The smallest absolute Gasteiger partial charge is 0.146 e. The van der Waals surface area contributed by atoms with Crippen LogP contribution in [-0.2, 0) is 4.79 Å². The molecule has 0 N–H and O–H groups in total. The van der Waals surface area contributed by atoms with Crippen molar-refractivity contribution in [2.24, 2.45) is 0 Å². The summed E-state index contributed by atoms with van der Waals surface area (Å²) in [6.07, 6.45) is 5.66. The Morgan fingerprint density at radius 3 is 2.88 bits per heavy atom. The Kier molecular flexibility index (Phi) is 4.36. The van der Waals surface area contributed by atoms with Crippen LogP contribution in [0, 0.1) is 0 Å². The Balaban J connectivity index is 1.83. The van der Waals surface area contributed by atoms with Gasteiger partial charge >= 0.3 is 0 Å². The molecule has 0 aromatic heterocycles. The quantitative estimate of drug-likeness (QED) is 0.723. The molecule has 0 saturated carbocycles. The van der Waals surface area contributed by atoms with Gasteiger partial charge in [-0.3, -0.25) is 14.6 Å². The summed E-state index contributed by atoms with van der Waals surface area (Å²) < 4.78 is 0. The fraction of sp³-hybridized carbons (Fsp3) is 0.923. The van der Waals surface area contributed by atoms with E-state index in [1.807, 2.05) is 0 Å². The zero-order valence-corrected chi connectivity index (χ0v) is 10.5. The van der Waals surface area contributed by atoms with Crippen molar-refractivity contribution in [1.82, 2.24) is 9.80 Å². The third-order valence-electron chi connectivity index (χ3n) is 3.82. The van der Waals surface area contributed by atoms with Gasteiger partial charge in [-0.05, 0) is 45.3 Å². The van der Waals surface area contributed by atoms with E-state index < -0.39 is 0 Å². The van der Waals surface area contributed by atoms with Gasteiger partial charge < -0.3 is 0 Å². The van der Waals surface area contributed by atoms with E-state index in [4.69, 9.17) is 0 Å². The molecule has 2 saturated heterocycles. The lowest BCUT2D eigenvalue weighted by atomic mass is 10.2. The van der Waals surface area contributed by atoms with Crippen LogP contribution in [0.1, 0.15) is 39.0 Å². The number of Topliss-reactive ketones (excluding diaryl/α,β-unsaturated/α-hetero) is 1. The molecule has 0 aliphatic carbocycles. The van der Waals surface area contributed by atoms with Crippen molar-refractivity contribution < 1.29 is 4.79 Å². The van der Waals surface area contributed by atoms with Gasteiger partial charge in [0.15, 0.2) is 0 Å². The van der Waals surface area contributed by atoms with Crippen molar-refractivity contribution in [3.63, 3.8) is 0 Å². The summed E-state index contributed by atoms with van der Waals surface area (Å²) in [6.45, 7) is 7.53. The Morgan fingerprint density at radius 1 is 1.25 bits per heavy atom. The summed E-state index contributed by atoms with van der Waals surface area (Å²) in [5, 5.41) is 0. The van der Waals surface area contributed by atoms with E-state index in [0.717, 1.165) is 32.0 Å². The molecule has 16 heavy (non-hydrogen) atoms. The standard InChI is InChI=1S/C13H24N2O/c1-2-5-13(16)11-14-7-4-9-15-8-3-6-12(15)10-14/h12H,2-11H2,1H3. The molecule has 2 aliphatic rings. The van der Waals surface area contributed by atoms with E-state index >= 15 is 0 Å². The van der Waals surface area contributed by atoms with Crippen molar-refractivity contribution in [2.45, 2.75) is 45.1 Å². The number of fused-ring (bicyclic) bond motifs is 1. The lowest BCUT2D eigenvalue weighted by molar-refractivity contribution is -0.120. The van der Waals surface area contributed by atoms with Crippen LogP contribution < -0.4 is 0 Å². The molecule has 1 unspecified atom stereocenters. The highest BCUT2D eigenvalue weighted by molar-refractivity contribution is 5.80. The van der Waals surface area contributed by atoms with E-state index in [9.17, 15) is 4.79 Å². The first-order chi connectivity index (χ1) is 7.79. The molecule has 2 aliphatic heterocycles. The van der Waals surface area contributed by atoms with E-state index in [1.165, 1.54) is 32.4 Å². The van der Waals surface area contributed by atoms with Crippen LogP contribution in [0.15, 0.2) is 0 Å². The maximum Gasteiger partial charge on any atom is 0.146 e. The van der Waals surface area contributed by atoms with Crippen LogP contribution in [0.2, 0.25) is 0 Å². The first-order valence-corrected chi connectivity index (χ1v) is 6.77. The molecule has 3 nitrogen and oxygen atoms in total. The van der Waals surface area contributed by atoms with Crippen molar-refractivity contribution in [2.75, 3.05) is 32.7 Å². The number of nitrogens with zero attached hydrogens (tertiary/aromatic N) is 2. The number of rotatable bonds is 4. The average Bonchev–Trinajstić information content (AvgIpc) is 2.58. The Bertz CT molecular complexity index is 242. The average molecular weight is 224 g/mol. The number of ketones is 1. The molecule has 92 valence electrons. The van der Waals surface area contributed by atoms with Gasteiger partial charge in [-0.25, -0.2) is 0 Å². The second kappa shape index (κ2) is 5.78. The minimum absolute atomic E-state index is 0.425. The molecule has 0 spiro atoms. The van der Waals surface area contributed by atoms with Crippen molar-refractivity contribution in [3.05, 3.63) is 0 Å². The molecule has 1 atom stereocenters. The van der Waals surface area contributed by atoms with Gasteiger partial charge in [-0.1, -0.05) is 6.92 Å². The molecule has 0 aromatic rings. The van der Waals surface area contributed by atoms with Crippen molar-refractivity contribution in [1.29, 1.82) is 0 Å². The fourth-order valence-corrected chi connectivity index (χ4v) is 3.03. The third kappa shape index (κ3) is 3.05. The number of carbonyl (C=O) groups excluding carboxylic acids is 1. The monoisotopic (exact) mass is 224 g/mol. The fourth-order valence-electron chi connectivity index (χ4n) is 3.03. The maximum atomic E-state index is 11.7. The van der Waals surface area contributed by atoms with Gasteiger partial charge in [0.2, 0.25) is 0 Å². The predicted octanol–water partition coefficient (Wildman–Crippen LogP) is 1.53. The molecule has 2 rings (SSSR count). The molecule has 0 radical (unpaired) electrons. The lowest BCUT2D eigenvalue weighted by Gasteiger charge is -2.24. The van der Waals surface area contributed by atoms with Gasteiger partial charge in [-0.2, -0.15) is 0 Å². The van der Waals surface area contributed by atoms with Crippen LogP contribution in [0.5, 0.6) is 0 Å². The molecule has 2 heterocycles. The van der Waals surface area contributed by atoms with Gasteiger partial charge in [0.1, 0.15) is 5.78 Å². The van der Waals surface area contributed by atoms with E-state index in [0.29, 0.717) is 12.3 Å². The molecule has 0 aromatic carbocycles. The van der Waals surface area contributed by atoms with Crippen molar-refractivity contribution >= 4 is 5.78 Å².